The van der Waals surface area contributed by atoms with Crippen LogP contribution in [-0.2, 0) is 0 Å². The van der Waals surface area contributed by atoms with Crippen molar-refractivity contribution in [3.05, 3.63) is 56.6 Å². The predicted molar refractivity (Wildman–Crippen MR) is 74.3 cm³/mol. The van der Waals surface area contributed by atoms with Gasteiger partial charge in [0.25, 0.3) is 0 Å². The van der Waals surface area contributed by atoms with Crippen molar-refractivity contribution < 1.29 is 0 Å². The van der Waals surface area contributed by atoms with Crippen molar-refractivity contribution in [3.8, 4) is 11.1 Å². The van der Waals surface area contributed by atoms with Crippen LogP contribution in [0.15, 0.2) is 42.5 Å². The largest absolute Gasteiger partial charge is 0.0843 e. The van der Waals surface area contributed by atoms with Crippen LogP contribution in [0.5, 0.6) is 0 Å². The Hall–Kier alpha value is -0.540. The summed E-state index contributed by atoms with van der Waals surface area (Å²) < 4.78 is 1.18. The number of halogens is 2. The lowest BCUT2D eigenvalue weighted by Gasteiger charge is -2.05. The highest BCUT2D eigenvalue weighted by atomic mass is 127. The van der Waals surface area contributed by atoms with Crippen LogP contribution < -0.4 is 0 Å². The third-order valence-electron chi connectivity index (χ3n) is 2.29. The van der Waals surface area contributed by atoms with E-state index in [1.807, 2.05) is 12.1 Å². The molecule has 0 aliphatic heterocycles. The normalized spacial score (nSPS) is 10.3. The quantitative estimate of drug-likeness (QED) is 0.652. The molecular formula is C13H10ClI. The molecule has 0 heterocycles. The summed E-state index contributed by atoms with van der Waals surface area (Å²) in [6.45, 7) is 2.09. The van der Waals surface area contributed by atoms with E-state index >= 15 is 0 Å². The molecule has 0 fully saturated rings. The minimum absolute atomic E-state index is 0.787. The maximum Gasteiger partial charge on any atom is 0.0416 e. The van der Waals surface area contributed by atoms with Gasteiger partial charge in [-0.25, -0.2) is 0 Å². The van der Waals surface area contributed by atoms with E-state index in [9.17, 15) is 0 Å². The maximum atomic E-state index is 5.92. The molecule has 0 saturated heterocycles. The second-order valence-electron chi connectivity index (χ2n) is 3.49. The fraction of sp³-hybridized carbons (Fsp3) is 0.0769. The van der Waals surface area contributed by atoms with Crippen molar-refractivity contribution in [2.75, 3.05) is 0 Å². The third kappa shape index (κ3) is 2.52. The van der Waals surface area contributed by atoms with Gasteiger partial charge in [-0.1, -0.05) is 47.5 Å². The van der Waals surface area contributed by atoms with Gasteiger partial charge in [-0.2, -0.15) is 0 Å². The average Bonchev–Trinajstić information content (AvgIpc) is 2.20. The van der Waals surface area contributed by atoms with Gasteiger partial charge in [0.1, 0.15) is 0 Å². The van der Waals surface area contributed by atoms with Gasteiger partial charge in [-0.3, -0.25) is 0 Å². The highest BCUT2D eigenvalue weighted by Crippen LogP contribution is 2.27. The van der Waals surface area contributed by atoms with Gasteiger partial charge in [0, 0.05) is 8.59 Å². The van der Waals surface area contributed by atoms with Crippen molar-refractivity contribution >= 4 is 34.2 Å². The first-order valence-electron chi connectivity index (χ1n) is 4.69. The van der Waals surface area contributed by atoms with E-state index in [1.165, 1.54) is 20.3 Å². The molecule has 0 spiro atoms. The third-order valence-corrected chi connectivity index (χ3v) is 3.42. The maximum absolute atomic E-state index is 5.92. The molecule has 0 atom stereocenters. The molecule has 0 N–H and O–H groups in total. The zero-order valence-corrected chi connectivity index (χ0v) is 11.2. The first-order valence-corrected chi connectivity index (χ1v) is 6.14. The minimum atomic E-state index is 0.787. The van der Waals surface area contributed by atoms with E-state index in [1.54, 1.807) is 0 Å². The van der Waals surface area contributed by atoms with Crippen LogP contribution in [0.4, 0.5) is 0 Å². The number of rotatable bonds is 1. The highest BCUT2D eigenvalue weighted by Gasteiger charge is 2.02. The molecule has 0 unspecified atom stereocenters. The molecular weight excluding hydrogens is 318 g/mol. The molecule has 0 amide bonds. The van der Waals surface area contributed by atoms with Crippen molar-refractivity contribution in [1.29, 1.82) is 0 Å². The van der Waals surface area contributed by atoms with Crippen LogP contribution in [0.1, 0.15) is 5.56 Å². The Morgan fingerprint density at radius 1 is 1.00 bits per heavy atom. The SMILES string of the molecule is Cc1ccc(-c2ccc(Cl)cc2I)cc1. The van der Waals surface area contributed by atoms with Crippen LogP contribution in [0.25, 0.3) is 11.1 Å². The van der Waals surface area contributed by atoms with Crippen LogP contribution in [0.2, 0.25) is 5.02 Å². The van der Waals surface area contributed by atoms with Crippen molar-refractivity contribution in [2.45, 2.75) is 6.92 Å². The van der Waals surface area contributed by atoms with Crippen LogP contribution in [-0.4, -0.2) is 0 Å². The summed E-state index contributed by atoms with van der Waals surface area (Å²) in [5, 5.41) is 0.787. The van der Waals surface area contributed by atoms with E-state index in [0.717, 1.165) is 5.02 Å². The Labute approximate surface area is 108 Å². The molecule has 0 bridgehead atoms. The smallest absolute Gasteiger partial charge is 0.0416 e. The van der Waals surface area contributed by atoms with Gasteiger partial charge >= 0.3 is 0 Å². The van der Waals surface area contributed by atoms with Crippen molar-refractivity contribution in [2.24, 2.45) is 0 Å². The summed E-state index contributed by atoms with van der Waals surface area (Å²) >= 11 is 8.24. The Morgan fingerprint density at radius 3 is 2.27 bits per heavy atom. The Bertz CT molecular complexity index is 474. The summed E-state index contributed by atoms with van der Waals surface area (Å²) in [7, 11) is 0. The average molecular weight is 329 g/mol. The summed E-state index contributed by atoms with van der Waals surface area (Å²) in [6, 6.07) is 14.5. The summed E-state index contributed by atoms with van der Waals surface area (Å²) in [6.07, 6.45) is 0. The highest BCUT2D eigenvalue weighted by molar-refractivity contribution is 14.1. The fourth-order valence-electron chi connectivity index (χ4n) is 1.46. The van der Waals surface area contributed by atoms with Gasteiger partial charge in [0.2, 0.25) is 0 Å². The summed E-state index contributed by atoms with van der Waals surface area (Å²) in [5.41, 5.74) is 3.75. The molecule has 0 aliphatic carbocycles. The van der Waals surface area contributed by atoms with E-state index in [4.69, 9.17) is 11.6 Å². The first kappa shape index (κ1) is 11.0. The molecule has 76 valence electrons. The second kappa shape index (κ2) is 4.54. The van der Waals surface area contributed by atoms with Crippen molar-refractivity contribution in [3.63, 3.8) is 0 Å². The molecule has 0 aromatic heterocycles. The first-order chi connectivity index (χ1) is 7.16. The standard InChI is InChI=1S/C13H10ClI/c1-9-2-4-10(5-3-9)12-7-6-11(14)8-13(12)15/h2-8H,1H3. The van der Waals surface area contributed by atoms with Gasteiger partial charge in [-0.05, 0) is 52.8 Å². The summed E-state index contributed by atoms with van der Waals surface area (Å²) in [4.78, 5) is 0. The molecule has 0 radical (unpaired) electrons. The monoisotopic (exact) mass is 328 g/mol. The number of hydrogen-bond donors (Lipinski definition) is 0. The molecule has 15 heavy (non-hydrogen) atoms. The predicted octanol–water partition coefficient (Wildman–Crippen LogP) is 4.92. The fourth-order valence-corrected chi connectivity index (χ4v) is 2.64. The van der Waals surface area contributed by atoms with E-state index in [2.05, 4.69) is 59.8 Å². The lowest BCUT2D eigenvalue weighted by atomic mass is 10.0. The Morgan fingerprint density at radius 2 is 1.67 bits per heavy atom. The molecule has 2 rings (SSSR count). The number of benzene rings is 2. The topological polar surface area (TPSA) is 0 Å². The van der Waals surface area contributed by atoms with Crippen LogP contribution in [0.3, 0.4) is 0 Å². The second-order valence-corrected chi connectivity index (χ2v) is 5.09. The van der Waals surface area contributed by atoms with Crippen LogP contribution in [0, 0.1) is 10.5 Å². The Balaban J connectivity index is 2.49. The Kier molecular flexibility index (Phi) is 3.32. The van der Waals surface area contributed by atoms with Gasteiger partial charge in [0.15, 0.2) is 0 Å². The number of hydrogen-bond acceptors (Lipinski definition) is 0. The molecule has 2 aromatic carbocycles. The van der Waals surface area contributed by atoms with E-state index < -0.39 is 0 Å². The molecule has 2 heteroatoms. The molecule has 0 aliphatic rings. The molecule has 0 nitrogen and oxygen atoms in total. The zero-order chi connectivity index (χ0) is 10.8. The lowest BCUT2D eigenvalue weighted by molar-refractivity contribution is 1.46. The van der Waals surface area contributed by atoms with Gasteiger partial charge in [0.05, 0.1) is 0 Å². The van der Waals surface area contributed by atoms with E-state index in [-0.39, 0.29) is 0 Å². The van der Waals surface area contributed by atoms with E-state index in [0.29, 0.717) is 0 Å². The van der Waals surface area contributed by atoms with Crippen LogP contribution >= 0.6 is 34.2 Å². The molecule has 2 aromatic rings. The van der Waals surface area contributed by atoms with Gasteiger partial charge < -0.3 is 0 Å². The number of aryl methyl sites for hydroxylation is 1. The zero-order valence-electron chi connectivity index (χ0n) is 8.30. The lowest BCUT2D eigenvalue weighted by Crippen LogP contribution is -1.83. The summed E-state index contributed by atoms with van der Waals surface area (Å²) in [5.74, 6) is 0. The minimum Gasteiger partial charge on any atom is -0.0843 e. The van der Waals surface area contributed by atoms with Gasteiger partial charge in [-0.15, -0.1) is 0 Å². The van der Waals surface area contributed by atoms with Crippen molar-refractivity contribution in [1.82, 2.24) is 0 Å². The molecule has 0 saturated carbocycles.